The lowest BCUT2D eigenvalue weighted by Crippen LogP contribution is -2.17. The Hall–Kier alpha value is -3.51. The maximum absolute atomic E-state index is 12.6. The van der Waals surface area contributed by atoms with Gasteiger partial charge in [-0.15, -0.1) is 0 Å². The molecule has 0 unspecified atom stereocenters. The molecule has 0 bridgehead atoms. The van der Waals surface area contributed by atoms with Crippen molar-refractivity contribution >= 4 is 5.91 Å². The standard InChI is InChI=1S/C13H12F3N3.C6H4F3N3O/c14-13(15,16)12-7-9(4-5-17-12)11-8-10-3-1-2-6-19(10)18-11;7-6(8,9)4-2-11-1-3(12-4)5(10)13/h4-5,7-8H,1-3,6H2;1-2H,(H2,10,13). The third-order valence-electron chi connectivity index (χ3n) is 4.44. The van der Waals surface area contributed by atoms with Crippen LogP contribution in [0.25, 0.3) is 11.3 Å². The second-order valence-electron chi connectivity index (χ2n) is 6.78. The number of rotatable bonds is 2. The van der Waals surface area contributed by atoms with Gasteiger partial charge in [0, 0.05) is 24.0 Å². The number of hydrogen-bond acceptors (Lipinski definition) is 5. The van der Waals surface area contributed by atoms with Gasteiger partial charge in [0.15, 0.2) is 5.69 Å². The van der Waals surface area contributed by atoms with Crippen molar-refractivity contribution in [2.75, 3.05) is 0 Å². The monoisotopic (exact) mass is 458 g/mol. The Morgan fingerprint density at radius 2 is 1.72 bits per heavy atom. The molecule has 0 aromatic carbocycles. The Labute approximate surface area is 177 Å². The van der Waals surface area contributed by atoms with Crippen molar-refractivity contribution in [2.24, 2.45) is 5.73 Å². The van der Waals surface area contributed by atoms with E-state index >= 15 is 0 Å². The number of halogens is 6. The predicted octanol–water partition coefficient (Wildman–Crippen LogP) is 3.89. The van der Waals surface area contributed by atoms with Crippen LogP contribution in [0.3, 0.4) is 0 Å². The van der Waals surface area contributed by atoms with Gasteiger partial charge < -0.3 is 5.73 Å². The first-order valence-corrected chi connectivity index (χ1v) is 9.24. The fourth-order valence-electron chi connectivity index (χ4n) is 2.93. The summed E-state index contributed by atoms with van der Waals surface area (Å²) in [4.78, 5) is 20.0. The number of aryl methyl sites for hydroxylation is 2. The van der Waals surface area contributed by atoms with Crippen LogP contribution in [0.2, 0.25) is 0 Å². The van der Waals surface area contributed by atoms with Gasteiger partial charge in [-0.25, -0.2) is 4.98 Å². The number of aromatic nitrogens is 5. The van der Waals surface area contributed by atoms with Gasteiger partial charge in [0.05, 0.1) is 18.1 Å². The lowest BCUT2D eigenvalue weighted by molar-refractivity contribution is -0.142. The van der Waals surface area contributed by atoms with Crippen LogP contribution in [-0.2, 0) is 25.3 Å². The Balaban J connectivity index is 0.000000195. The van der Waals surface area contributed by atoms with E-state index in [9.17, 15) is 31.1 Å². The van der Waals surface area contributed by atoms with Crippen LogP contribution in [0.5, 0.6) is 0 Å². The Morgan fingerprint density at radius 3 is 2.34 bits per heavy atom. The number of hydrogen-bond donors (Lipinski definition) is 1. The minimum absolute atomic E-state index is 0.462. The predicted molar refractivity (Wildman–Crippen MR) is 98.9 cm³/mol. The minimum atomic E-state index is -4.61. The molecule has 0 atom stereocenters. The molecule has 3 aromatic heterocycles. The van der Waals surface area contributed by atoms with E-state index in [-0.39, 0.29) is 0 Å². The van der Waals surface area contributed by atoms with Crippen molar-refractivity contribution in [3.8, 4) is 11.3 Å². The molecular formula is C19H16F6N6O. The van der Waals surface area contributed by atoms with Gasteiger partial charge in [0.25, 0.3) is 5.91 Å². The van der Waals surface area contributed by atoms with Gasteiger partial charge in [-0.05, 0) is 37.5 Å². The summed E-state index contributed by atoms with van der Waals surface area (Å²) in [6.07, 6.45) is -3.36. The number of primary amides is 1. The molecular weight excluding hydrogens is 442 g/mol. The van der Waals surface area contributed by atoms with Gasteiger partial charge in [-0.2, -0.15) is 31.4 Å². The molecule has 0 radical (unpaired) electrons. The average Bonchev–Trinajstić information content (AvgIpc) is 3.18. The number of carbonyl (C=O) groups excluding carboxylic acids is 1. The van der Waals surface area contributed by atoms with Crippen LogP contribution in [-0.4, -0.2) is 30.6 Å². The van der Waals surface area contributed by atoms with E-state index in [1.165, 1.54) is 6.20 Å². The van der Waals surface area contributed by atoms with Gasteiger partial charge in [-0.3, -0.25) is 19.4 Å². The van der Waals surface area contributed by atoms with E-state index < -0.39 is 35.3 Å². The molecule has 1 amide bonds. The fraction of sp³-hybridized carbons (Fsp3) is 0.316. The van der Waals surface area contributed by atoms with E-state index in [2.05, 4.69) is 20.1 Å². The third-order valence-corrected chi connectivity index (χ3v) is 4.44. The molecule has 3 aromatic rings. The fourth-order valence-corrected chi connectivity index (χ4v) is 2.93. The highest BCUT2D eigenvalue weighted by atomic mass is 19.4. The van der Waals surface area contributed by atoms with Crippen molar-refractivity contribution in [3.05, 3.63) is 59.6 Å². The van der Waals surface area contributed by atoms with Crippen molar-refractivity contribution < 1.29 is 31.1 Å². The van der Waals surface area contributed by atoms with Crippen LogP contribution < -0.4 is 5.73 Å². The molecule has 0 saturated carbocycles. The first kappa shape index (κ1) is 23.2. The number of alkyl halides is 6. The molecule has 0 spiro atoms. The molecule has 0 saturated heterocycles. The zero-order chi connectivity index (χ0) is 23.5. The van der Waals surface area contributed by atoms with E-state index in [1.54, 1.807) is 6.07 Å². The normalized spacial score (nSPS) is 13.7. The molecule has 1 aliphatic rings. The van der Waals surface area contributed by atoms with Crippen LogP contribution in [0.4, 0.5) is 26.3 Å². The summed E-state index contributed by atoms with van der Waals surface area (Å²) in [6, 6.07) is 4.48. The summed E-state index contributed by atoms with van der Waals surface area (Å²) in [5, 5.41) is 4.37. The van der Waals surface area contributed by atoms with Gasteiger partial charge >= 0.3 is 12.4 Å². The van der Waals surface area contributed by atoms with Gasteiger partial charge in [-0.1, -0.05) is 0 Å². The summed E-state index contributed by atoms with van der Waals surface area (Å²) in [6.45, 7) is 0.840. The van der Waals surface area contributed by atoms with Gasteiger partial charge in [0.1, 0.15) is 11.4 Å². The lowest BCUT2D eigenvalue weighted by Gasteiger charge is -2.11. The molecule has 7 nitrogen and oxygen atoms in total. The minimum Gasteiger partial charge on any atom is -0.364 e. The number of amides is 1. The second-order valence-corrected chi connectivity index (χ2v) is 6.78. The van der Waals surface area contributed by atoms with Crippen LogP contribution in [0, 0.1) is 0 Å². The van der Waals surface area contributed by atoms with Crippen LogP contribution >= 0.6 is 0 Å². The smallest absolute Gasteiger partial charge is 0.364 e. The third kappa shape index (κ3) is 5.59. The molecule has 4 rings (SSSR count). The topological polar surface area (TPSA) is 99.6 Å². The zero-order valence-corrected chi connectivity index (χ0v) is 16.3. The summed E-state index contributed by atoms with van der Waals surface area (Å²) in [5.74, 6) is -1.04. The number of nitrogens with two attached hydrogens (primary N) is 1. The number of fused-ring (bicyclic) bond motifs is 1. The lowest BCUT2D eigenvalue weighted by atomic mass is 10.1. The quantitative estimate of drug-likeness (QED) is 0.588. The first-order chi connectivity index (χ1) is 14.9. The molecule has 0 fully saturated rings. The Kier molecular flexibility index (Phi) is 6.46. The van der Waals surface area contributed by atoms with E-state index in [0.29, 0.717) is 17.5 Å². The Bertz CT molecular complexity index is 1080. The molecule has 170 valence electrons. The van der Waals surface area contributed by atoms with Crippen molar-refractivity contribution in [1.29, 1.82) is 0 Å². The second kappa shape index (κ2) is 8.93. The van der Waals surface area contributed by atoms with E-state index in [1.807, 2.05) is 10.7 Å². The van der Waals surface area contributed by atoms with Crippen molar-refractivity contribution in [1.82, 2.24) is 24.7 Å². The molecule has 2 N–H and O–H groups in total. The highest BCUT2D eigenvalue weighted by Crippen LogP contribution is 2.31. The molecule has 1 aliphatic heterocycles. The maximum Gasteiger partial charge on any atom is 0.434 e. The number of carbonyl (C=O) groups is 1. The van der Waals surface area contributed by atoms with Gasteiger partial charge in [0.2, 0.25) is 0 Å². The largest absolute Gasteiger partial charge is 0.434 e. The van der Waals surface area contributed by atoms with Crippen molar-refractivity contribution in [3.63, 3.8) is 0 Å². The summed E-state index contributed by atoms with van der Waals surface area (Å²) in [7, 11) is 0. The highest BCUT2D eigenvalue weighted by Gasteiger charge is 2.34. The SMILES string of the molecule is FC(F)(F)c1cc(-c2cc3n(n2)CCCC3)ccn1.NC(=O)c1cncc(C(F)(F)F)n1. The zero-order valence-electron chi connectivity index (χ0n) is 16.3. The van der Waals surface area contributed by atoms with E-state index in [4.69, 9.17) is 5.73 Å². The first-order valence-electron chi connectivity index (χ1n) is 9.24. The highest BCUT2D eigenvalue weighted by molar-refractivity contribution is 5.90. The van der Waals surface area contributed by atoms with E-state index in [0.717, 1.165) is 43.8 Å². The summed E-state index contributed by atoms with van der Waals surface area (Å²) in [5.41, 5.74) is 4.24. The molecule has 4 heterocycles. The van der Waals surface area contributed by atoms with Crippen molar-refractivity contribution in [2.45, 2.75) is 38.2 Å². The maximum atomic E-state index is 12.6. The molecule has 13 heteroatoms. The Morgan fingerprint density at radius 1 is 1.00 bits per heavy atom. The number of nitrogens with zero attached hydrogens (tertiary/aromatic N) is 5. The summed E-state index contributed by atoms with van der Waals surface area (Å²) >= 11 is 0. The molecule has 32 heavy (non-hydrogen) atoms. The molecule has 0 aliphatic carbocycles. The number of pyridine rings is 1. The van der Waals surface area contributed by atoms with Crippen LogP contribution in [0.1, 0.15) is 40.4 Å². The summed E-state index contributed by atoms with van der Waals surface area (Å²) < 4.78 is 75.7. The average molecular weight is 458 g/mol. The van der Waals surface area contributed by atoms with Crippen LogP contribution in [0.15, 0.2) is 36.8 Å².